The topological polar surface area (TPSA) is 71.9 Å². The Kier molecular flexibility index (Phi) is 4.66. The van der Waals surface area contributed by atoms with E-state index in [0.29, 0.717) is 30.2 Å². The number of methoxy groups -OCH3 is 1. The number of amides is 1. The molecule has 0 bridgehead atoms. The van der Waals surface area contributed by atoms with E-state index in [1.54, 1.807) is 17.0 Å². The van der Waals surface area contributed by atoms with Gasteiger partial charge in [-0.25, -0.2) is 4.98 Å². The monoisotopic (exact) mass is 328 g/mol. The summed E-state index contributed by atoms with van der Waals surface area (Å²) in [5.41, 5.74) is -0.544. The zero-order valence-electron chi connectivity index (χ0n) is 13.5. The molecule has 1 amide bonds. The van der Waals surface area contributed by atoms with Crippen LogP contribution >= 0.6 is 0 Å². The van der Waals surface area contributed by atoms with Crippen molar-refractivity contribution < 1.29 is 19.4 Å². The van der Waals surface area contributed by atoms with Crippen molar-refractivity contribution in [2.75, 3.05) is 26.8 Å². The fourth-order valence-electron chi connectivity index (χ4n) is 2.72. The van der Waals surface area contributed by atoms with Crippen LogP contribution in [0.5, 0.6) is 11.6 Å². The third kappa shape index (κ3) is 3.65. The zero-order chi connectivity index (χ0) is 17.0. The highest BCUT2D eigenvalue weighted by Gasteiger charge is 2.39. The van der Waals surface area contributed by atoms with Crippen LogP contribution in [0.25, 0.3) is 0 Å². The van der Waals surface area contributed by atoms with E-state index in [9.17, 15) is 9.90 Å². The number of benzene rings is 1. The molecule has 126 valence electrons. The summed E-state index contributed by atoms with van der Waals surface area (Å²) in [5.74, 6) is 0.948. The van der Waals surface area contributed by atoms with Gasteiger partial charge in [-0.15, -0.1) is 0 Å². The van der Waals surface area contributed by atoms with E-state index in [1.807, 2.05) is 30.3 Å². The second-order valence-electron chi connectivity index (χ2n) is 5.89. The van der Waals surface area contributed by atoms with Gasteiger partial charge in [0.2, 0.25) is 5.88 Å². The molecule has 1 fully saturated rings. The van der Waals surface area contributed by atoms with E-state index in [2.05, 4.69) is 4.98 Å². The number of carbonyl (C=O) groups is 1. The van der Waals surface area contributed by atoms with Gasteiger partial charge in [-0.3, -0.25) is 4.79 Å². The van der Waals surface area contributed by atoms with Crippen LogP contribution < -0.4 is 9.47 Å². The Labute approximate surface area is 140 Å². The van der Waals surface area contributed by atoms with Gasteiger partial charge in [0, 0.05) is 24.4 Å². The number of hydrogen-bond donors (Lipinski definition) is 1. The largest absolute Gasteiger partial charge is 0.491 e. The van der Waals surface area contributed by atoms with E-state index in [0.717, 1.165) is 0 Å². The van der Waals surface area contributed by atoms with E-state index < -0.39 is 5.60 Å². The molecule has 0 aliphatic carbocycles. The van der Waals surface area contributed by atoms with Crippen LogP contribution in [0.2, 0.25) is 0 Å². The molecule has 2 heterocycles. The van der Waals surface area contributed by atoms with Crippen molar-refractivity contribution in [1.29, 1.82) is 0 Å². The molecule has 0 radical (unpaired) electrons. The standard InChI is InChI=1S/C18H20N2O4/c1-23-16-11-14(7-9-19-16)17(21)20-10-8-18(22,12-20)13-24-15-5-3-2-4-6-15/h2-7,9,11,22H,8,10,12-13H2,1H3/t18-/m0/s1. The van der Waals surface area contributed by atoms with Gasteiger partial charge in [-0.1, -0.05) is 18.2 Å². The number of hydrogen-bond acceptors (Lipinski definition) is 5. The predicted octanol–water partition coefficient (Wildman–Crippen LogP) is 1.75. The number of β-amino-alcohol motifs (C(OH)–C–C–N with tert-alkyl or cyclic N) is 1. The smallest absolute Gasteiger partial charge is 0.254 e. The average molecular weight is 328 g/mol. The number of pyridine rings is 1. The summed E-state index contributed by atoms with van der Waals surface area (Å²) in [6.07, 6.45) is 2.01. The lowest BCUT2D eigenvalue weighted by Gasteiger charge is -2.23. The first-order valence-electron chi connectivity index (χ1n) is 7.79. The van der Waals surface area contributed by atoms with Gasteiger partial charge >= 0.3 is 0 Å². The van der Waals surface area contributed by atoms with Gasteiger partial charge in [0.1, 0.15) is 18.0 Å². The minimum absolute atomic E-state index is 0.147. The van der Waals surface area contributed by atoms with Crippen molar-refractivity contribution in [3.63, 3.8) is 0 Å². The van der Waals surface area contributed by atoms with Crippen molar-refractivity contribution in [1.82, 2.24) is 9.88 Å². The zero-order valence-corrected chi connectivity index (χ0v) is 13.5. The minimum atomic E-state index is -1.04. The fraction of sp³-hybridized carbons (Fsp3) is 0.333. The molecule has 1 aromatic carbocycles. The first-order chi connectivity index (χ1) is 11.6. The van der Waals surface area contributed by atoms with Gasteiger partial charge in [-0.05, 0) is 24.6 Å². The third-order valence-corrected chi connectivity index (χ3v) is 4.06. The number of carbonyl (C=O) groups excluding carboxylic acids is 1. The van der Waals surface area contributed by atoms with Crippen LogP contribution in [0.1, 0.15) is 16.8 Å². The van der Waals surface area contributed by atoms with E-state index in [4.69, 9.17) is 9.47 Å². The van der Waals surface area contributed by atoms with Crippen molar-refractivity contribution in [3.05, 3.63) is 54.2 Å². The number of rotatable bonds is 5. The molecule has 24 heavy (non-hydrogen) atoms. The Hall–Kier alpha value is -2.60. The summed E-state index contributed by atoms with van der Waals surface area (Å²) in [6.45, 7) is 0.877. The highest BCUT2D eigenvalue weighted by Crippen LogP contribution is 2.25. The number of nitrogens with zero attached hydrogens (tertiary/aromatic N) is 2. The summed E-state index contributed by atoms with van der Waals surface area (Å²) >= 11 is 0. The second-order valence-corrected chi connectivity index (χ2v) is 5.89. The highest BCUT2D eigenvalue weighted by molar-refractivity contribution is 5.94. The molecule has 0 unspecified atom stereocenters. The summed E-state index contributed by atoms with van der Waals surface area (Å²) < 4.78 is 10.7. The molecule has 1 aliphatic rings. The number of para-hydroxylation sites is 1. The molecule has 3 rings (SSSR count). The molecule has 1 N–H and O–H groups in total. The van der Waals surface area contributed by atoms with Gasteiger partial charge < -0.3 is 19.5 Å². The maximum absolute atomic E-state index is 12.6. The summed E-state index contributed by atoms with van der Waals surface area (Å²) in [7, 11) is 1.51. The molecule has 1 aliphatic heterocycles. The number of ether oxygens (including phenoxy) is 2. The van der Waals surface area contributed by atoms with Gasteiger partial charge in [0.25, 0.3) is 5.91 Å². The normalized spacial score (nSPS) is 20.0. The van der Waals surface area contributed by atoms with Gasteiger partial charge in [0.05, 0.1) is 13.7 Å². The second kappa shape index (κ2) is 6.88. The molecule has 0 spiro atoms. The Morgan fingerprint density at radius 1 is 1.33 bits per heavy atom. The number of aromatic nitrogens is 1. The molecule has 1 atom stereocenters. The van der Waals surface area contributed by atoms with Crippen molar-refractivity contribution in [3.8, 4) is 11.6 Å². The molecule has 6 heteroatoms. The van der Waals surface area contributed by atoms with Gasteiger partial charge in [0.15, 0.2) is 0 Å². The molecular weight excluding hydrogens is 308 g/mol. The van der Waals surface area contributed by atoms with Crippen molar-refractivity contribution in [2.24, 2.45) is 0 Å². The molecule has 0 saturated carbocycles. The lowest BCUT2D eigenvalue weighted by atomic mass is 10.1. The van der Waals surface area contributed by atoms with Crippen LogP contribution in [0.15, 0.2) is 48.7 Å². The summed E-state index contributed by atoms with van der Waals surface area (Å²) in [6, 6.07) is 12.6. The molecule has 2 aromatic rings. The Morgan fingerprint density at radius 2 is 2.12 bits per heavy atom. The van der Waals surface area contributed by atoms with Crippen LogP contribution in [-0.2, 0) is 0 Å². The third-order valence-electron chi connectivity index (χ3n) is 4.06. The minimum Gasteiger partial charge on any atom is -0.491 e. The average Bonchev–Trinajstić information content (AvgIpc) is 3.03. The molecule has 6 nitrogen and oxygen atoms in total. The van der Waals surface area contributed by atoms with E-state index in [1.165, 1.54) is 13.3 Å². The lowest BCUT2D eigenvalue weighted by molar-refractivity contribution is 0.00430. The molecular formula is C18H20N2O4. The van der Waals surface area contributed by atoms with Crippen LogP contribution in [0.3, 0.4) is 0 Å². The summed E-state index contributed by atoms with van der Waals surface area (Å²) in [4.78, 5) is 18.2. The number of likely N-dealkylation sites (tertiary alicyclic amines) is 1. The Bertz CT molecular complexity index is 707. The SMILES string of the molecule is COc1cc(C(=O)N2CC[C@@](O)(COc3ccccc3)C2)ccn1. The maximum atomic E-state index is 12.6. The highest BCUT2D eigenvalue weighted by atomic mass is 16.5. The predicted molar refractivity (Wildman–Crippen MR) is 88.2 cm³/mol. The van der Waals surface area contributed by atoms with Crippen molar-refractivity contribution in [2.45, 2.75) is 12.0 Å². The summed E-state index contributed by atoms with van der Waals surface area (Å²) in [5, 5.41) is 10.7. The first-order valence-corrected chi connectivity index (χ1v) is 7.79. The van der Waals surface area contributed by atoms with Crippen LogP contribution in [-0.4, -0.2) is 53.3 Å². The first kappa shape index (κ1) is 16.3. The Balaban J connectivity index is 1.62. The lowest BCUT2D eigenvalue weighted by Crippen LogP contribution is -2.40. The van der Waals surface area contributed by atoms with E-state index in [-0.39, 0.29) is 19.1 Å². The Morgan fingerprint density at radius 3 is 2.88 bits per heavy atom. The molecule has 1 saturated heterocycles. The van der Waals surface area contributed by atoms with Crippen molar-refractivity contribution >= 4 is 5.91 Å². The van der Waals surface area contributed by atoms with Gasteiger partial charge in [-0.2, -0.15) is 0 Å². The molecule has 1 aromatic heterocycles. The maximum Gasteiger partial charge on any atom is 0.254 e. The van der Waals surface area contributed by atoms with Crippen LogP contribution in [0.4, 0.5) is 0 Å². The van der Waals surface area contributed by atoms with Crippen LogP contribution in [0, 0.1) is 0 Å². The van der Waals surface area contributed by atoms with E-state index >= 15 is 0 Å². The quantitative estimate of drug-likeness (QED) is 0.905. The number of aliphatic hydroxyl groups is 1. The fourth-order valence-corrected chi connectivity index (χ4v) is 2.72.